The number of aliphatic carboxylic acids is 1. The molecule has 1 saturated heterocycles. The number of hydrogen-bond acceptors (Lipinski definition) is 3. The molecule has 1 unspecified atom stereocenters. The molecule has 2 rings (SSSR count). The van der Waals surface area contributed by atoms with E-state index in [1.807, 2.05) is 38.1 Å². The molecule has 21 heavy (non-hydrogen) atoms. The molecular formula is C15H20N2O4. The molecule has 0 saturated carbocycles. The van der Waals surface area contributed by atoms with E-state index in [0.717, 1.165) is 11.1 Å². The molecule has 1 aliphatic heterocycles. The van der Waals surface area contributed by atoms with E-state index in [1.54, 1.807) is 0 Å². The van der Waals surface area contributed by atoms with Crippen LogP contribution in [0.2, 0.25) is 0 Å². The first kappa shape index (κ1) is 15.3. The van der Waals surface area contributed by atoms with Crippen molar-refractivity contribution in [2.45, 2.75) is 38.5 Å². The number of nitrogens with zero attached hydrogens (tertiary/aromatic N) is 1. The highest BCUT2D eigenvalue weighted by Gasteiger charge is 2.39. The fraction of sp³-hybridized carbons (Fsp3) is 0.467. The second kappa shape index (κ2) is 6.13. The minimum Gasteiger partial charge on any atom is -0.480 e. The number of urea groups is 1. The van der Waals surface area contributed by atoms with Crippen LogP contribution in [0.5, 0.6) is 0 Å². The van der Waals surface area contributed by atoms with Gasteiger partial charge in [-0.1, -0.05) is 29.8 Å². The summed E-state index contributed by atoms with van der Waals surface area (Å²) < 4.78 is 0. The Balaban J connectivity index is 2.03. The molecule has 1 heterocycles. The average molecular weight is 292 g/mol. The number of carbonyl (C=O) groups is 2. The Morgan fingerprint density at radius 2 is 1.95 bits per heavy atom. The third-order valence-corrected chi connectivity index (χ3v) is 3.74. The predicted octanol–water partition coefficient (Wildman–Crippen LogP) is 1.29. The number of hydrogen-bond donors (Lipinski definition) is 3. The summed E-state index contributed by atoms with van der Waals surface area (Å²) in [6.45, 7) is 3.87. The van der Waals surface area contributed by atoms with Crippen molar-refractivity contribution in [3.05, 3.63) is 35.4 Å². The summed E-state index contributed by atoms with van der Waals surface area (Å²) in [7, 11) is 0. The minimum absolute atomic E-state index is 0.0451. The SMILES string of the molecule is Cc1ccc(C(C)NC(=O)N2C[C@H](O)C[C@@H]2C(=O)O)cc1. The number of benzene rings is 1. The molecule has 2 amide bonds. The summed E-state index contributed by atoms with van der Waals surface area (Å²) in [5.41, 5.74) is 2.08. The number of carboxylic acid groups (broad SMARTS) is 1. The number of nitrogens with one attached hydrogen (secondary N) is 1. The van der Waals surface area contributed by atoms with Gasteiger partial charge in [0.1, 0.15) is 6.04 Å². The number of aliphatic hydroxyl groups excluding tert-OH is 1. The van der Waals surface area contributed by atoms with Crippen molar-refractivity contribution in [1.82, 2.24) is 10.2 Å². The highest BCUT2D eigenvalue weighted by Crippen LogP contribution is 2.20. The fourth-order valence-corrected chi connectivity index (χ4v) is 2.48. The van der Waals surface area contributed by atoms with Crippen LogP contribution in [0.3, 0.4) is 0 Å². The van der Waals surface area contributed by atoms with Gasteiger partial charge in [-0.3, -0.25) is 0 Å². The average Bonchev–Trinajstić information content (AvgIpc) is 2.82. The van der Waals surface area contributed by atoms with Gasteiger partial charge in [0.15, 0.2) is 0 Å². The van der Waals surface area contributed by atoms with Crippen molar-refractivity contribution >= 4 is 12.0 Å². The summed E-state index contributed by atoms with van der Waals surface area (Å²) >= 11 is 0. The van der Waals surface area contributed by atoms with Gasteiger partial charge in [0.25, 0.3) is 0 Å². The zero-order valence-corrected chi connectivity index (χ0v) is 12.1. The van der Waals surface area contributed by atoms with Crippen LogP contribution >= 0.6 is 0 Å². The second-order valence-electron chi connectivity index (χ2n) is 5.48. The van der Waals surface area contributed by atoms with E-state index in [-0.39, 0.29) is 19.0 Å². The molecule has 0 aliphatic carbocycles. The van der Waals surface area contributed by atoms with E-state index < -0.39 is 24.1 Å². The van der Waals surface area contributed by atoms with Crippen molar-refractivity contribution in [3.8, 4) is 0 Å². The summed E-state index contributed by atoms with van der Waals surface area (Å²) in [5, 5.41) is 21.4. The summed E-state index contributed by atoms with van der Waals surface area (Å²) in [5.74, 6) is -1.09. The highest BCUT2D eigenvalue weighted by atomic mass is 16.4. The number of aryl methyl sites for hydroxylation is 1. The van der Waals surface area contributed by atoms with Crippen molar-refractivity contribution in [1.29, 1.82) is 0 Å². The standard InChI is InChI=1S/C15H20N2O4/c1-9-3-5-11(6-4-9)10(2)16-15(21)17-8-12(18)7-13(17)14(19)20/h3-6,10,12-13,18H,7-8H2,1-2H3,(H,16,21)(H,19,20)/t10?,12-,13-/m1/s1. The summed E-state index contributed by atoms with van der Waals surface area (Å²) in [6.07, 6.45) is -0.715. The molecular weight excluding hydrogens is 272 g/mol. The van der Waals surface area contributed by atoms with Gasteiger partial charge in [0.05, 0.1) is 12.1 Å². The first-order valence-electron chi connectivity index (χ1n) is 6.93. The Labute approximate surface area is 123 Å². The lowest BCUT2D eigenvalue weighted by Crippen LogP contribution is -2.46. The minimum atomic E-state index is -1.09. The number of rotatable bonds is 3. The lowest BCUT2D eigenvalue weighted by atomic mass is 10.1. The van der Waals surface area contributed by atoms with E-state index in [2.05, 4.69) is 5.32 Å². The van der Waals surface area contributed by atoms with E-state index in [4.69, 9.17) is 5.11 Å². The van der Waals surface area contributed by atoms with Crippen LogP contribution in [0.25, 0.3) is 0 Å². The van der Waals surface area contributed by atoms with Gasteiger partial charge in [0.2, 0.25) is 0 Å². The molecule has 3 N–H and O–H groups in total. The lowest BCUT2D eigenvalue weighted by molar-refractivity contribution is -0.141. The monoisotopic (exact) mass is 292 g/mol. The lowest BCUT2D eigenvalue weighted by Gasteiger charge is -2.24. The quantitative estimate of drug-likeness (QED) is 0.783. The highest BCUT2D eigenvalue weighted by molar-refractivity contribution is 5.83. The third kappa shape index (κ3) is 3.52. The Morgan fingerprint density at radius 3 is 2.52 bits per heavy atom. The molecule has 0 bridgehead atoms. The molecule has 0 radical (unpaired) electrons. The van der Waals surface area contributed by atoms with E-state index in [1.165, 1.54) is 4.90 Å². The molecule has 114 valence electrons. The van der Waals surface area contributed by atoms with Crippen LogP contribution in [-0.4, -0.2) is 45.8 Å². The van der Waals surface area contributed by atoms with E-state index >= 15 is 0 Å². The number of β-amino-alcohol motifs (C(OH)–C–C–N with tert-alkyl or cyclic N) is 1. The molecule has 1 aromatic carbocycles. The summed E-state index contributed by atoms with van der Waals surface area (Å²) in [6, 6.07) is 6.10. The topological polar surface area (TPSA) is 89.9 Å². The van der Waals surface area contributed by atoms with Gasteiger partial charge in [-0.15, -0.1) is 0 Å². The Bertz CT molecular complexity index is 529. The zero-order chi connectivity index (χ0) is 15.6. The Hall–Kier alpha value is -2.08. The van der Waals surface area contributed by atoms with Crippen molar-refractivity contribution in [3.63, 3.8) is 0 Å². The molecule has 6 heteroatoms. The molecule has 0 spiro atoms. The first-order valence-corrected chi connectivity index (χ1v) is 6.93. The number of aliphatic hydroxyl groups is 1. The molecule has 3 atom stereocenters. The second-order valence-corrected chi connectivity index (χ2v) is 5.48. The number of carbonyl (C=O) groups excluding carboxylic acids is 1. The number of carboxylic acids is 1. The van der Waals surface area contributed by atoms with Gasteiger partial charge in [0, 0.05) is 13.0 Å². The smallest absolute Gasteiger partial charge is 0.326 e. The van der Waals surface area contributed by atoms with Gasteiger partial charge >= 0.3 is 12.0 Å². The Morgan fingerprint density at radius 1 is 1.33 bits per heavy atom. The molecule has 0 aromatic heterocycles. The van der Waals surface area contributed by atoms with Crippen LogP contribution in [0, 0.1) is 6.92 Å². The van der Waals surface area contributed by atoms with E-state index in [0.29, 0.717) is 0 Å². The maximum Gasteiger partial charge on any atom is 0.326 e. The Kier molecular flexibility index (Phi) is 4.47. The van der Waals surface area contributed by atoms with Crippen LogP contribution in [-0.2, 0) is 4.79 Å². The van der Waals surface area contributed by atoms with Gasteiger partial charge in [-0.05, 0) is 19.4 Å². The van der Waals surface area contributed by atoms with Gasteiger partial charge in [-0.2, -0.15) is 0 Å². The van der Waals surface area contributed by atoms with Gasteiger partial charge < -0.3 is 20.4 Å². The third-order valence-electron chi connectivity index (χ3n) is 3.74. The number of amides is 2. The fourth-order valence-electron chi connectivity index (χ4n) is 2.48. The largest absolute Gasteiger partial charge is 0.480 e. The normalized spacial score (nSPS) is 22.9. The zero-order valence-electron chi connectivity index (χ0n) is 12.1. The maximum absolute atomic E-state index is 12.2. The van der Waals surface area contributed by atoms with Crippen molar-refractivity contribution in [2.75, 3.05) is 6.54 Å². The molecule has 1 aromatic rings. The summed E-state index contributed by atoms with van der Waals surface area (Å²) in [4.78, 5) is 24.5. The number of likely N-dealkylation sites (tertiary alicyclic amines) is 1. The first-order chi connectivity index (χ1) is 9.88. The van der Waals surface area contributed by atoms with Crippen LogP contribution < -0.4 is 5.32 Å². The molecule has 1 fully saturated rings. The van der Waals surface area contributed by atoms with Crippen LogP contribution in [0.4, 0.5) is 4.79 Å². The van der Waals surface area contributed by atoms with Crippen molar-refractivity contribution < 1.29 is 19.8 Å². The van der Waals surface area contributed by atoms with Crippen molar-refractivity contribution in [2.24, 2.45) is 0 Å². The molecule has 1 aliphatic rings. The predicted molar refractivity (Wildman–Crippen MR) is 76.9 cm³/mol. The van der Waals surface area contributed by atoms with Crippen LogP contribution in [0.15, 0.2) is 24.3 Å². The van der Waals surface area contributed by atoms with Gasteiger partial charge in [-0.25, -0.2) is 9.59 Å². The van der Waals surface area contributed by atoms with Crippen LogP contribution in [0.1, 0.15) is 30.5 Å². The maximum atomic E-state index is 12.2. The molecule has 6 nitrogen and oxygen atoms in total. The van der Waals surface area contributed by atoms with E-state index in [9.17, 15) is 14.7 Å².